The highest BCUT2D eigenvalue weighted by Crippen LogP contribution is 2.18. The third-order valence-electron chi connectivity index (χ3n) is 4.82. The van der Waals surface area contributed by atoms with E-state index in [0.29, 0.717) is 25.1 Å². The molecule has 1 aliphatic heterocycles. The van der Waals surface area contributed by atoms with Crippen molar-refractivity contribution >= 4 is 11.6 Å². The molecule has 3 N–H and O–H groups in total. The first-order valence-corrected chi connectivity index (χ1v) is 8.97. The average molecular weight is 363 g/mol. The number of nitrogens with one attached hydrogen (secondary N) is 1. The van der Waals surface area contributed by atoms with E-state index < -0.39 is 0 Å². The summed E-state index contributed by atoms with van der Waals surface area (Å²) in [5.74, 6) is -0.333. The zero-order valence-corrected chi connectivity index (χ0v) is 14.8. The molecule has 0 radical (unpaired) electrons. The number of aryl methyl sites for hydroxylation is 1. The molecule has 138 valence electrons. The molecule has 3 aromatic rings. The number of fused-ring (bicyclic) bond motifs is 1. The van der Waals surface area contributed by atoms with Gasteiger partial charge in [0.15, 0.2) is 0 Å². The Morgan fingerprint density at radius 1 is 1.22 bits per heavy atom. The van der Waals surface area contributed by atoms with E-state index in [2.05, 4.69) is 10.4 Å². The van der Waals surface area contributed by atoms with Gasteiger partial charge in [-0.1, -0.05) is 30.3 Å². The van der Waals surface area contributed by atoms with E-state index in [1.807, 2.05) is 35.0 Å². The predicted molar refractivity (Wildman–Crippen MR) is 103 cm³/mol. The second kappa shape index (κ2) is 7.20. The topological polar surface area (TPSA) is 94.9 Å². The molecule has 1 aromatic carbocycles. The lowest BCUT2D eigenvalue weighted by Gasteiger charge is -2.20. The van der Waals surface area contributed by atoms with Crippen LogP contribution in [0.5, 0.6) is 0 Å². The molecule has 0 spiro atoms. The van der Waals surface area contributed by atoms with Crippen LogP contribution in [-0.4, -0.2) is 26.3 Å². The normalized spacial score (nSPS) is 16.0. The molecule has 0 aliphatic carbocycles. The Morgan fingerprint density at radius 2 is 2.04 bits per heavy atom. The van der Waals surface area contributed by atoms with Gasteiger partial charge >= 0.3 is 0 Å². The molecule has 0 saturated carbocycles. The second-order valence-electron chi connectivity index (χ2n) is 6.78. The minimum Gasteiger partial charge on any atom is -0.327 e. The molecule has 7 nitrogen and oxygen atoms in total. The quantitative estimate of drug-likeness (QED) is 0.736. The molecule has 7 heteroatoms. The molecule has 3 heterocycles. The SMILES string of the molecule is NC1CCn2ncc(C(=O)Nc3cccn(Cc4ccccc4)c3=O)c2C1. The third kappa shape index (κ3) is 3.54. The lowest BCUT2D eigenvalue weighted by atomic mass is 10.0. The maximum Gasteiger partial charge on any atom is 0.274 e. The first-order chi connectivity index (χ1) is 13.1. The predicted octanol–water partition coefficient (Wildman–Crippen LogP) is 1.62. The number of hydrogen-bond donors (Lipinski definition) is 2. The van der Waals surface area contributed by atoms with E-state index in [1.165, 1.54) is 0 Å². The number of aromatic nitrogens is 3. The number of carbonyl (C=O) groups excluding carboxylic acids is 1. The van der Waals surface area contributed by atoms with Gasteiger partial charge in [-0.05, 0) is 24.1 Å². The van der Waals surface area contributed by atoms with Crippen LogP contribution in [0.15, 0.2) is 59.7 Å². The van der Waals surface area contributed by atoms with Crippen LogP contribution in [0.3, 0.4) is 0 Å². The molecule has 2 aromatic heterocycles. The number of rotatable bonds is 4. The molecular formula is C20H21N5O2. The lowest BCUT2D eigenvalue weighted by Crippen LogP contribution is -2.32. The highest BCUT2D eigenvalue weighted by atomic mass is 16.2. The minimum atomic E-state index is -0.333. The molecular weight excluding hydrogens is 342 g/mol. The number of benzene rings is 1. The second-order valence-corrected chi connectivity index (χ2v) is 6.78. The molecule has 27 heavy (non-hydrogen) atoms. The first kappa shape index (κ1) is 17.2. The van der Waals surface area contributed by atoms with E-state index in [9.17, 15) is 9.59 Å². The number of amides is 1. The number of anilines is 1. The monoisotopic (exact) mass is 363 g/mol. The summed E-state index contributed by atoms with van der Waals surface area (Å²) in [6.45, 7) is 1.15. The van der Waals surface area contributed by atoms with Crippen LogP contribution in [0.1, 0.15) is 28.0 Å². The highest BCUT2D eigenvalue weighted by Gasteiger charge is 2.23. The maximum atomic E-state index is 12.7. The Bertz CT molecular complexity index is 1020. The van der Waals surface area contributed by atoms with Gasteiger partial charge < -0.3 is 15.6 Å². The fraction of sp³-hybridized carbons (Fsp3) is 0.250. The summed E-state index contributed by atoms with van der Waals surface area (Å²) < 4.78 is 3.39. The molecule has 0 bridgehead atoms. The summed E-state index contributed by atoms with van der Waals surface area (Å²) in [5.41, 5.74) is 8.34. The summed E-state index contributed by atoms with van der Waals surface area (Å²) >= 11 is 0. The van der Waals surface area contributed by atoms with E-state index in [1.54, 1.807) is 29.1 Å². The minimum absolute atomic E-state index is 0.0283. The third-order valence-corrected chi connectivity index (χ3v) is 4.82. The number of hydrogen-bond acceptors (Lipinski definition) is 4. The zero-order valence-electron chi connectivity index (χ0n) is 14.8. The number of pyridine rings is 1. The first-order valence-electron chi connectivity index (χ1n) is 8.97. The van der Waals surface area contributed by atoms with Crippen molar-refractivity contribution in [2.75, 3.05) is 5.32 Å². The van der Waals surface area contributed by atoms with Gasteiger partial charge in [-0.3, -0.25) is 14.3 Å². The Kier molecular flexibility index (Phi) is 4.60. The van der Waals surface area contributed by atoms with Gasteiger partial charge in [-0.25, -0.2) is 0 Å². The van der Waals surface area contributed by atoms with Crippen LogP contribution in [0.2, 0.25) is 0 Å². The van der Waals surface area contributed by atoms with Crippen LogP contribution in [0.25, 0.3) is 0 Å². The standard InChI is InChI=1S/C20H21N5O2/c21-15-8-10-25-18(11-15)16(12-22-25)19(26)23-17-7-4-9-24(20(17)27)13-14-5-2-1-3-6-14/h1-7,9,12,15H,8,10-11,13,21H2,(H,23,26). The van der Waals surface area contributed by atoms with Crippen molar-refractivity contribution in [2.45, 2.75) is 32.0 Å². The van der Waals surface area contributed by atoms with Crippen molar-refractivity contribution in [3.05, 3.63) is 82.0 Å². The van der Waals surface area contributed by atoms with E-state index >= 15 is 0 Å². The fourth-order valence-corrected chi connectivity index (χ4v) is 3.37. The van der Waals surface area contributed by atoms with Crippen LogP contribution in [-0.2, 0) is 19.5 Å². The van der Waals surface area contributed by atoms with Gasteiger partial charge in [0.05, 0.1) is 24.0 Å². The lowest BCUT2D eigenvalue weighted by molar-refractivity contribution is 0.102. The van der Waals surface area contributed by atoms with Gasteiger partial charge in [0.2, 0.25) is 0 Å². The summed E-state index contributed by atoms with van der Waals surface area (Å²) in [4.78, 5) is 25.4. The molecule has 1 atom stereocenters. The smallest absolute Gasteiger partial charge is 0.274 e. The Morgan fingerprint density at radius 3 is 2.85 bits per heavy atom. The van der Waals surface area contributed by atoms with Gasteiger partial charge in [-0.15, -0.1) is 0 Å². The zero-order chi connectivity index (χ0) is 18.8. The average Bonchev–Trinajstić information content (AvgIpc) is 3.09. The largest absolute Gasteiger partial charge is 0.327 e. The van der Waals surface area contributed by atoms with E-state index in [-0.39, 0.29) is 23.2 Å². The summed E-state index contributed by atoms with van der Waals surface area (Å²) in [7, 11) is 0. The van der Waals surface area contributed by atoms with Gasteiger partial charge in [0.1, 0.15) is 5.69 Å². The highest BCUT2D eigenvalue weighted by molar-refractivity contribution is 6.04. The van der Waals surface area contributed by atoms with Crippen molar-refractivity contribution in [1.29, 1.82) is 0 Å². The summed E-state index contributed by atoms with van der Waals surface area (Å²) in [6, 6.07) is 13.1. The molecule has 0 fully saturated rings. The van der Waals surface area contributed by atoms with Crippen LogP contribution in [0, 0.1) is 0 Å². The van der Waals surface area contributed by atoms with Gasteiger partial charge in [-0.2, -0.15) is 5.10 Å². The van der Waals surface area contributed by atoms with Crippen LogP contribution in [0.4, 0.5) is 5.69 Å². The van der Waals surface area contributed by atoms with Crippen molar-refractivity contribution in [1.82, 2.24) is 14.3 Å². The van der Waals surface area contributed by atoms with Crippen molar-refractivity contribution in [3.63, 3.8) is 0 Å². The Labute approximate surface area is 156 Å². The maximum absolute atomic E-state index is 12.7. The number of carbonyl (C=O) groups is 1. The summed E-state index contributed by atoms with van der Waals surface area (Å²) in [5, 5.41) is 7.00. The summed E-state index contributed by atoms with van der Waals surface area (Å²) in [6.07, 6.45) is 4.72. The van der Waals surface area contributed by atoms with Crippen LogP contribution < -0.4 is 16.6 Å². The van der Waals surface area contributed by atoms with Crippen molar-refractivity contribution in [3.8, 4) is 0 Å². The molecule has 1 amide bonds. The Hall–Kier alpha value is -3.19. The fourth-order valence-electron chi connectivity index (χ4n) is 3.37. The van der Waals surface area contributed by atoms with Gasteiger partial charge in [0.25, 0.3) is 11.5 Å². The van der Waals surface area contributed by atoms with Gasteiger partial charge in [0, 0.05) is 25.2 Å². The molecule has 1 unspecified atom stereocenters. The molecule has 4 rings (SSSR count). The molecule has 1 aliphatic rings. The Balaban J connectivity index is 1.57. The number of nitrogens with two attached hydrogens (primary N) is 1. The molecule has 0 saturated heterocycles. The number of nitrogens with zero attached hydrogens (tertiary/aromatic N) is 3. The van der Waals surface area contributed by atoms with E-state index in [0.717, 1.165) is 17.7 Å². The van der Waals surface area contributed by atoms with Crippen molar-refractivity contribution in [2.24, 2.45) is 5.73 Å². The van der Waals surface area contributed by atoms with Crippen molar-refractivity contribution < 1.29 is 4.79 Å². The van der Waals surface area contributed by atoms with Crippen LogP contribution >= 0.6 is 0 Å². The van der Waals surface area contributed by atoms with E-state index in [4.69, 9.17) is 5.73 Å².